The Kier molecular flexibility index (Phi) is 3.75. The number of fused-ring (bicyclic) bond motifs is 3. The number of nitrogens with zero attached hydrogens (tertiary/aromatic N) is 1. The molecule has 4 rings (SSSR count). The largest absolute Gasteiger partial charge is 0.455 e. The molecule has 0 saturated heterocycles. The Morgan fingerprint density at radius 3 is 2.44 bits per heavy atom. The van der Waals surface area contributed by atoms with E-state index in [1.807, 2.05) is 60.7 Å². The number of furan rings is 1. The third-order valence-corrected chi connectivity index (χ3v) is 4.35. The van der Waals surface area contributed by atoms with Crippen LogP contribution in [0.3, 0.4) is 0 Å². The lowest BCUT2D eigenvalue weighted by Gasteiger charge is -2.06. The highest BCUT2D eigenvalue weighted by Gasteiger charge is 2.17. The molecule has 5 heteroatoms. The van der Waals surface area contributed by atoms with Crippen molar-refractivity contribution in [3.05, 3.63) is 82.9 Å². The van der Waals surface area contributed by atoms with E-state index in [0.29, 0.717) is 21.7 Å². The minimum atomic E-state index is 0.0716. The van der Waals surface area contributed by atoms with E-state index in [-0.39, 0.29) is 11.7 Å². The molecule has 3 aromatic carbocycles. The first-order valence-electron chi connectivity index (χ1n) is 7.73. The van der Waals surface area contributed by atoms with Gasteiger partial charge in [0.05, 0.1) is 10.6 Å². The van der Waals surface area contributed by atoms with Crippen LogP contribution in [0.1, 0.15) is 11.1 Å². The van der Waals surface area contributed by atoms with Gasteiger partial charge in [-0.3, -0.25) is 5.41 Å². The van der Waals surface area contributed by atoms with Crippen molar-refractivity contribution < 1.29 is 4.42 Å². The van der Waals surface area contributed by atoms with Crippen LogP contribution in [0.4, 0.5) is 0 Å². The van der Waals surface area contributed by atoms with Crippen molar-refractivity contribution >= 4 is 45.2 Å². The maximum atomic E-state index is 8.15. The molecule has 3 N–H and O–H groups in total. The zero-order valence-corrected chi connectivity index (χ0v) is 13.9. The minimum Gasteiger partial charge on any atom is -0.455 e. The Balaban J connectivity index is 1.89. The van der Waals surface area contributed by atoms with Gasteiger partial charge in [0, 0.05) is 16.3 Å². The fourth-order valence-corrected chi connectivity index (χ4v) is 3.09. The summed E-state index contributed by atoms with van der Waals surface area (Å²) in [6, 6.07) is 20.6. The van der Waals surface area contributed by atoms with Gasteiger partial charge in [0.2, 0.25) is 0 Å². The number of para-hydroxylation sites is 1. The van der Waals surface area contributed by atoms with Crippen LogP contribution < -0.4 is 5.73 Å². The highest BCUT2D eigenvalue weighted by molar-refractivity contribution is 6.36. The number of hydrogen-bond donors (Lipinski definition) is 2. The predicted octanol–water partition coefficient (Wildman–Crippen LogP) is 4.97. The second-order valence-corrected chi connectivity index (χ2v) is 6.02. The molecule has 0 unspecified atom stereocenters. The highest BCUT2D eigenvalue weighted by Crippen LogP contribution is 2.34. The number of hydrogen-bond acceptors (Lipinski definition) is 2. The Labute approximate surface area is 149 Å². The maximum absolute atomic E-state index is 8.15. The van der Waals surface area contributed by atoms with Gasteiger partial charge in [0.15, 0.2) is 5.84 Å². The zero-order valence-electron chi connectivity index (χ0n) is 13.2. The van der Waals surface area contributed by atoms with E-state index in [0.717, 1.165) is 16.4 Å². The minimum absolute atomic E-state index is 0.0716. The molecule has 0 spiro atoms. The highest BCUT2D eigenvalue weighted by atomic mass is 35.5. The number of nitrogens with one attached hydrogen (secondary N) is 1. The third-order valence-electron chi connectivity index (χ3n) is 4.03. The number of amidine groups is 2. The van der Waals surface area contributed by atoms with Gasteiger partial charge in [-0.15, -0.1) is 0 Å². The molecule has 25 heavy (non-hydrogen) atoms. The van der Waals surface area contributed by atoms with E-state index in [2.05, 4.69) is 4.99 Å². The number of benzene rings is 3. The molecule has 0 bridgehead atoms. The van der Waals surface area contributed by atoms with Crippen LogP contribution in [0.5, 0.6) is 0 Å². The molecule has 0 atom stereocenters. The number of aliphatic imine (C=N–C) groups is 1. The van der Waals surface area contributed by atoms with E-state index in [4.69, 9.17) is 27.2 Å². The smallest absolute Gasteiger partial charge is 0.154 e. The van der Waals surface area contributed by atoms with E-state index in [1.165, 1.54) is 0 Å². The molecule has 0 aliphatic heterocycles. The quantitative estimate of drug-likeness (QED) is 0.396. The SMILES string of the molecule is N=C(N=C(N)c1c(Cl)ccc2c1oc1ccccc12)c1ccccc1. The fourth-order valence-electron chi connectivity index (χ4n) is 2.84. The van der Waals surface area contributed by atoms with Crippen LogP contribution in [0.15, 0.2) is 76.1 Å². The van der Waals surface area contributed by atoms with Crippen molar-refractivity contribution in [2.75, 3.05) is 0 Å². The monoisotopic (exact) mass is 347 g/mol. The van der Waals surface area contributed by atoms with Crippen LogP contribution >= 0.6 is 11.6 Å². The molecule has 0 aliphatic carbocycles. The summed E-state index contributed by atoms with van der Waals surface area (Å²) < 4.78 is 5.96. The van der Waals surface area contributed by atoms with Gasteiger partial charge in [-0.25, -0.2) is 4.99 Å². The molecule has 0 radical (unpaired) electrons. The molecule has 0 saturated carbocycles. The molecule has 0 fully saturated rings. The molecule has 122 valence electrons. The summed E-state index contributed by atoms with van der Waals surface area (Å²) in [6.45, 7) is 0. The van der Waals surface area contributed by atoms with Gasteiger partial charge in [0.25, 0.3) is 0 Å². The topological polar surface area (TPSA) is 75.4 Å². The summed E-state index contributed by atoms with van der Waals surface area (Å²) in [5.74, 6) is 0.228. The molecule has 0 amide bonds. The molecular formula is C20H14ClN3O. The van der Waals surface area contributed by atoms with Gasteiger partial charge in [-0.05, 0) is 18.2 Å². The maximum Gasteiger partial charge on any atom is 0.154 e. The average Bonchev–Trinajstić information content (AvgIpc) is 3.00. The van der Waals surface area contributed by atoms with Gasteiger partial charge in [-0.1, -0.05) is 60.1 Å². The predicted molar refractivity (Wildman–Crippen MR) is 103 cm³/mol. The van der Waals surface area contributed by atoms with Crippen LogP contribution in [-0.4, -0.2) is 11.7 Å². The lowest BCUT2D eigenvalue weighted by Crippen LogP contribution is -2.16. The second kappa shape index (κ2) is 6.07. The Morgan fingerprint density at radius 2 is 1.64 bits per heavy atom. The summed E-state index contributed by atoms with van der Waals surface area (Å²) in [5, 5.41) is 10.5. The first-order valence-corrected chi connectivity index (χ1v) is 8.11. The van der Waals surface area contributed by atoms with E-state index in [9.17, 15) is 0 Å². The van der Waals surface area contributed by atoms with Gasteiger partial charge < -0.3 is 10.2 Å². The van der Waals surface area contributed by atoms with Gasteiger partial charge in [-0.2, -0.15) is 0 Å². The van der Waals surface area contributed by atoms with Crippen molar-refractivity contribution in [3.63, 3.8) is 0 Å². The summed E-state index contributed by atoms with van der Waals surface area (Å²) >= 11 is 6.36. The van der Waals surface area contributed by atoms with Crippen molar-refractivity contribution in [3.8, 4) is 0 Å². The lowest BCUT2D eigenvalue weighted by atomic mass is 10.1. The van der Waals surface area contributed by atoms with Crippen molar-refractivity contribution in [1.29, 1.82) is 5.41 Å². The van der Waals surface area contributed by atoms with Gasteiger partial charge >= 0.3 is 0 Å². The molecule has 1 aromatic heterocycles. The van der Waals surface area contributed by atoms with Crippen LogP contribution in [-0.2, 0) is 0 Å². The Hall–Kier alpha value is -3.11. The van der Waals surface area contributed by atoms with Crippen molar-refractivity contribution in [2.24, 2.45) is 10.7 Å². The summed E-state index contributed by atoms with van der Waals surface area (Å²) in [4.78, 5) is 4.23. The molecule has 0 aliphatic rings. The first kappa shape index (κ1) is 15.4. The summed E-state index contributed by atoms with van der Waals surface area (Å²) in [5.41, 5.74) is 8.71. The normalized spacial score (nSPS) is 12.0. The van der Waals surface area contributed by atoms with Crippen LogP contribution in [0.2, 0.25) is 5.02 Å². The molecule has 4 nitrogen and oxygen atoms in total. The number of halogens is 1. The van der Waals surface area contributed by atoms with Crippen molar-refractivity contribution in [1.82, 2.24) is 0 Å². The number of rotatable bonds is 2. The second-order valence-electron chi connectivity index (χ2n) is 5.61. The fraction of sp³-hybridized carbons (Fsp3) is 0. The van der Waals surface area contributed by atoms with E-state index < -0.39 is 0 Å². The number of nitrogens with two attached hydrogens (primary N) is 1. The molecule has 1 heterocycles. The van der Waals surface area contributed by atoms with E-state index >= 15 is 0 Å². The van der Waals surface area contributed by atoms with E-state index in [1.54, 1.807) is 6.07 Å². The first-order chi connectivity index (χ1) is 12.1. The van der Waals surface area contributed by atoms with Gasteiger partial charge in [0.1, 0.15) is 17.0 Å². The van der Waals surface area contributed by atoms with Crippen molar-refractivity contribution in [2.45, 2.75) is 0 Å². The standard InChI is InChI=1S/C20H14ClN3O/c21-15-11-10-14-13-8-4-5-9-16(13)25-18(14)17(15)20(23)24-19(22)12-6-2-1-3-7-12/h1-11H,(H3,22,23,24). The van der Waals surface area contributed by atoms with Crippen LogP contribution in [0.25, 0.3) is 21.9 Å². The average molecular weight is 348 g/mol. The zero-order chi connectivity index (χ0) is 17.4. The molecule has 4 aromatic rings. The molecular weight excluding hydrogens is 334 g/mol. The van der Waals surface area contributed by atoms with Crippen LogP contribution in [0, 0.1) is 5.41 Å². The Morgan fingerprint density at radius 1 is 0.920 bits per heavy atom. The Bertz CT molecular complexity index is 1130. The summed E-state index contributed by atoms with van der Waals surface area (Å²) in [6.07, 6.45) is 0. The summed E-state index contributed by atoms with van der Waals surface area (Å²) in [7, 11) is 0. The lowest BCUT2D eigenvalue weighted by molar-refractivity contribution is 0.668. The third kappa shape index (κ3) is 2.66.